The van der Waals surface area contributed by atoms with Crippen LogP contribution in [0.3, 0.4) is 0 Å². The van der Waals surface area contributed by atoms with Crippen molar-refractivity contribution in [3.8, 4) is 5.75 Å². The first-order valence-electron chi connectivity index (χ1n) is 5.24. The molecule has 0 saturated carbocycles. The number of anilines is 1. The first-order chi connectivity index (χ1) is 8.19. The van der Waals surface area contributed by atoms with Crippen molar-refractivity contribution in [3.63, 3.8) is 0 Å². The quantitative estimate of drug-likeness (QED) is 0.448. The summed E-state index contributed by atoms with van der Waals surface area (Å²) in [5.41, 5.74) is 0.508. The molecule has 6 nitrogen and oxygen atoms in total. The second kappa shape index (κ2) is 6.70. The first-order valence-corrected chi connectivity index (χ1v) is 5.24. The largest absolute Gasteiger partial charge is 0.496 e. The molecule has 0 aliphatic rings. The van der Waals surface area contributed by atoms with Gasteiger partial charge in [0.2, 0.25) is 0 Å². The molecule has 17 heavy (non-hydrogen) atoms. The molecule has 0 fully saturated rings. The van der Waals surface area contributed by atoms with Gasteiger partial charge < -0.3 is 14.8 Å². The highest BCUT2D eigenvalue weighted by atomic mass is 16.6. The van der Waals surface area contributed by atoms with Gasteiger partial charge in [-0.05, 0) is 18.6 Å². The van der Waals surface area contributed by atoms with E-state index in [0.29, 0.717) is 24.6 Å². The van der Waals surface area contributed by atoms with E-state index in [1.54, 1.807) is 19.2 Å². The summed E-state index contributed by atoms with van der Waals surface area (Å²) in [5.74, 6) is 0.471. The number of hydrogen-bond acceptors (Lipinski definition) is 5. The number of methoxy groups -OCH3 is 2. The summed E-state index contributed by atoms with van der Waals surface area (Å²) in [6, 6.07) is 4.73. The number of benzene rings is 1. The van der Waals surface area contributed by atoms with E-state index < -0.39 is 4.92 Å². The molecule has 0 aliphatic carbocycles. The Morgan fingerprint density at radius 1 is 1.41 bits per heavy atom. The summed E-state index contributed by atoms with van der Waals surface area (Å²) in [5, 5.41) is 13.9. The zero-order chi connectivity index (χ0) is 12.7. The lowest BCUT2D eigenvalue weighted by Crippen LogP contribution is -2.06. The molecule has 94 valence electrons. The van der Waals surface area contributed by atoms with Crippen LogP contribution in [0.15, 0.2) is 18.2 Å². The number of ether oxygens (including phenoxy) is 2. The van der Waals surface area contributed by atoms with Crippen LogP contribution in [0, 0.1) is 10.1 Å². The molecular formula is C11H16N2O4. The van der Waals surface area contributed by atoms with Crippen molar-refractivity contribution in [1.82, 2.24) is 0 Å². The molecule has 1 aromatic rings. The van der Waals surface area contributed by atoms with Crippen molar-refractivity contribution in [2.75, 3.05) is 32.7 Å². The van der Waals surface area contributed by atoms with Gasteiger partial charge in [-0.15, -0.1) is 0 Å². The van der Waals surface area contributed by atoms with Crippen LogP contribution in [0.25, 0.3) is 0 Å². The van der Waals surface area contributed by atoms with Gasteiger partial charge in [0.15, 0.2) is 0 Å². The van der Waals surface area contributed by atoms with Gasteiger partial charge in [0.05, 0.1) is 18.1 Å². The van der Waals surface area contributed by atoms with Crippen LogP contribution in [0.1, 0.15) is 6.42 Å². The molecule has 0 spiro atoms. The van der Waals surface area contributed by atoms with Gasteiger partial charge in [0, 0.05) is 20.3 Å². The minimum atomic E-state index is -0.429. The van der Waals surface area contributed by atoms with Gasteiger partial charge in [0.25, 0.3) is 5.69 Å². The van der Waals surface area contributed by atoms with Crippen molar-refractivity contribution in [1.29, 1.82) is 0 Å². The van der Waals surface area contributed by atoms with Crippen molar-refractivity contribution in [3.05, 3.63) is 28.3 Å². The summed E-state index contributed by atoms with van der Waals surface area (Å²) < 4.78 is 9.85. The van der Waals surface area contributed by atoms with Crippen molar-refractivity contribution in [2.24, 2.45) is 0 Å². The minimum Gasteiger partial charge on any atom is -0.496 e. The molecule has 0 amide bonds. The number of nitro benzene ring substituents is 1. The van der Waals surface area contributed by atoms with E-state index in [0.717, 1.165) is 6.42 Å². The predicted octanol–water partition coefficient (Wildman–Crippen LogP) is 2.05. The summed E-state index contributed by atoms with van der Waals surface area (Å²) >= 11 is 0. The van der Waals surface area contributed by atoms with Gasteiger partial charge in [-0.25, -0.2) is 0 Å². The third-order valence-electron chi connectivity index (χ3n) is 2.24. The minimum absolute atomic E-state index is 0.0155. The Labute approximate surface area is 99.7 Å². The molecule has 0 bridgehead atoms. The molecule has 0 heterocycles. The molecule has 1 rings (SSSR count). The average Bonchev–Trinajstić information content (AvgIpc) is 2.34. The summed E-state index contributed by atoms with van der Waals surface area (Å²) in [7, 11) is 3.10. The highest BCUT2D eigenvalue weighted by Gasteiger charge is 2.14. The normalized spacial score (nSPS) is 10.0. The Bertz CT molecular complexity index is 382. The molecule has 0 unspecified atom stereocenters. The van der Waals surface area contributed by atoms with Gasteiger partial charge in [-0.2, -0.15) is 0 Å². The van der Waals surface area contributed by atoms with E-state index in [1.807, 2.05) is 0 Å². The van der Waals surface area contributed by atoms with Crippen molar-refractivity contribution < 1.29 is 14.4 Å². The average molecular weight is 240 g/mol. The first kappa shape index (κ1) is 13.2. The Morgan fingerprint density at radius 2 is 2.18 bits per heavy atom. The van der Waals surface area contributed by atoms with E-state index >= 15 is 0 Å². The van der Waals surface area contributed by atoms with Crippen LogP contribution >= 0.6 is 0 Å². The SMILES string of the molecule is COCCCNc1ccc(OC)cc1[N+](=O)[O-]. The van der Waals surface area contributed by atoms with E-state index in [-0.39, 0.29) is 5.69 Å². The Balaban J connectivity index is 2.73. The number of nitro groups is 1. The maximum absolute atomic E-state index is 10.9. The van der Waals surface area contributed by atoms with Crippen LogP contribution in [-0.2, 0) is 4.74 Å². The fraction of sp³-hybridized carbons (Fsp3) is 0.455. The van der Waals surface area contributed by atoms with E-state index in [9.17, 15) is 10.1 Å². The Hall–Kier alpha value is -1.82. The molecule has 0 atom stereocenters. The molecule has 1 N–H and O–H groups in total. The number of hydrogen-bond donors (Lipinski definition) is 1. The summed E-state index contributed by atoms with van der Waals surface area (Å²) in [6.45, 7) is 1.25. The number of nitrogens with one attached hydrogen (secondary N) is 1. The van der Waals surface area contributed by atoms with Crippen molar-refractivity contribution in [2.45, 2.75) is 6.42 Å². The monoisotopic (exact) mass is 240 g/mol. The van der Waals surface area contributed by atoms with Crippen molar-refractivity contribution >= 4 is 11.4 Å². The maximum Gasteiger partial charge on any atom is 0.296 e. The molecule has 1 aromatic carbocycles. The smallest absolute Gasteiger partial charge is 0.296 e. The van der Waals surface area contributed by atoms with Gasteiger partial charge in [-0.3, -0.25) is 10.1 Å². The molecule has 0 aliphatic heterocycles. The standard InChI is InChI=1S/C11H16N2O4/c1-16-7-3-6-12-10-5-4-9(17-2)8-11(10)13(14)15/h4-5,8,12H,3,6-7H2,1-2H3. The zero-order valence-electron chi connectivity index (χ0n) is 9.93. The molecule has 6 heteroatoms. The molecule has 0 aromatic heterocycles. The maximum atomic E-state index is 10.9. The lowest BCUT2D eigenvalue weighted by Gasteiger charge is -2.08. The van der Waals surface area contributed by atoms with Gasteiger partial charge in [-0.1, -0.05) is 0 Å². The Morgan fingerprint density at radius 3 is 2.76 bits per heavy atom. The molecule has 0 radical (unpaired) electrons. The van der Waals surface area contributed by atoms with E-state index in [2.05, 4.69) is 5.32 Å². The van der Waals surface area contributed by atoms with Gasteiger partial charge >= 0.3 is 0 Å². The lowest BCUT2D eigenvalue weighted by atomic mass is 10.2. The molecule has 0 saturated heterocycles. The lowest BCUT2D eigenvalue weighted by molar-refractivity contribution is -0.384. The fourth-order valence-electron chi connectivity index (χ4n) is 1.38. The topological polar surface area (TPSA) is 73.6 Å². The third kappa shape index (κ3) is 3.92. The van der Waals surface area contributed by atoms with E-state index in [1.165, 1.54) is 13.2 Å². The van der Waals surface area contributed by atoms with Crippen LogP contribution < -0.4 is 10.1 Å². The van der Waals surface area contributed by atoms with Crippen LogP contribution in [0.2, 0.25) is 0 Å². The summed E-state index contributed by atoms with van der Waals surface area (Å²) in [6.07, 6.45) is 0.791. The van der Waals surface area contributed by atoms with Crippen LogP contribution in [-0.4, -0.2) is 32.3 Å². The third-order valence-corrected chi connectivity index (χ3v) is 2.24. The fourth-order valence-corrected chi connectivity index (χ4v) is 1.38. The zero-order valence-corrected chi connectivity index (χ0v) is 9.93. The van der Waals surface area contributed by atoms with Crippen LogP contribution in [0.5, 0.6) is 5.75 Å². The summed E-state index contributed by atoms with van der Waals surface area (Å²) in [4.78, 5) is 10.4. The number of nitrogens with zero attached hydrogens (tertiary/aromatic N) is 1. The second-order valence-corrected chi connectivity index (χ2v) is 3.41. The second-order valence-electron chi connectivity index (χ2n) is 3.41. The predicted molar refractivity (Wildman–Crippen MR) is 64.6 cm³/mol. The highest BCUT2D eigenvalue weighted by Crippen LogP contribution is 2.28. The molecular weight excluding hydrogens is 224 g/mol. The Kier molecular flexibility index (Phi) is 5.22. The highest BCUT2D eigenvalue weighted by molar-refractivity contribution is 5.63. The van der Waals surface area contributed by atoms with E-state index in [4.69, 9.17) is 9.47 Å². The van der Waals surface area contributed by atoms with Gasteiger partial charge in [0.1, 0.15) is 11.4 Å². The number of rotatable bonds is 7. The van der Waals surface area contributed by atoms with Crippen LogP contribution in [0.4, 0.5) is 11.4 Å².